The molecule has 0 saturated carbocycles. The first kappa shape index (κ1) is 7.57. The average molecular weight is 202 g/mol. The Bertz CT molecular complexity index is 215. The van der Waals surface area contributed by atoms with Crippen molar-refractivity contribution in [3.8, 4) is 0 Å². The highest BCUT2D eigenvalue weighted by molar-refractivity contribution is 9.10. The van der Waals surface area contributed by atoms with Crippen LogP contribution in [0.25, 0.3) is 0 Å². The van der Waals surface area contributed by atoms with Gasteiger partial charge in [-0.1, -0.05) is 22.0 Å². The van der Waals surface area contributed by atoms with E-state index < -0.39 is 0 Å². The third kappa shape index (κ3) is 2.01. The Morgan fingerprint density at radius 1 is 1.50 bits per heavy atom. The van der Waals surface area contributed by atoms with Crippen LogP contribution >= 0.6 is 15.9 Å². The van der Waals surface area contributed by atoms with Crippen LogP contribution in [-0.4, -0.2) is 11.8 Å². The molecule has 0 unspecified atom stereocenters. The van der Waals surface area contributed by atoms with Gasteiger partial charge in [-0.3, -0.25) is 0 Å². The fourth-order valence-corrected chi connectivity index (χ4v) is 1.09. The summed E-state index contributed by atoms with van der Waals surface area (Å²) >= 11 is 3.31. The molecule has 1 aromatic rings. The van der Waals surface area contributed by atoms with E-state index >= 15 is 0 Å². The highest BCUT2D eigenvalue weighted by atomic mass is 79.9. The van der Waals surface area contributed by atoms with Crippen molar-refractivity contribution in [3.05, 3.63) is 28.7 Å². The summed E-state index contributed by atoms with van der Waals surface area (Å²) in [6.07, 6.45) is 0. The van der Waals surface area contributed by atoms with Crippen molar-refractivity contribution in [2.24, 2.45) is 0 Å². The van der Waals surface area contributed by atoms with Gasteiger partial charge in [0.2, 0.25) is 0 Å². The normalized spacial score (nSPS) is 9.40. The fourth-order valence-electron chi connectivity index (χ4n) is 0.690. The summed E-state index contributed by atoms with van der Waals surface area (Å²) in [5.41, 5.74) is 0.914. The molecular formula is C7H8BrNO. The monoisotopic (exact) mass is 201 g/mol. The molecule has 54 valence electrons. The predicted molar refractivity (Wildman–Crippen MR) is 44.9 cm³/mol. The van der Waals surface area contributed by atoms with Crippen LogP contribution in [-0.2, 0) is 0 Å². The predicted octanol–water partition coefficient (Wildman–Crippen LogP) is 1.81. The Morgan fingerprint density at radius 2 is 2.30 bits per heavy atom. The van der Waals surface area contributed by atoms with Crippen molar-refractivity contribution in [2.75, 3.05) is 12.0 Å². The van der Waals surface area contributed by atoms with Crippen LogP contribution in [0.3, 0.4) is 0 Å². The zero-order chi connectivity index (χ0) is 7.40. The summed E-state index contributed by atoms with van der Waals surface area (Å²) in [6, 6.07) is 7.63. The Labute approximate surface area is 68.0 Å². The third-order valence-electron chi connectivity index (χ3n) is 1.11. The molecule has 1 aromatic carbocycles. The minimum atomic E-state index is -0.0313. The van der Waals surface area contributed by atoms with E-state index in [0.717, 1.165) is 10.2 Å². The first-order valence-corrected chi connectivity index (χ1v) is 3.72. The number of halogens is 1. The maximum atomic E-state index is 8.48. The van der Waals surface area contributed by atoms with Crippen molar-refractivity contribution in [1.82, 2.24) is 0 Å². The number of rotatable bonds is 2. The van der Waals surface area contributed by atoms with Crippen LogP contribution in [0.5, 0.6) is 0 Å². The number of aliphatic hydroxyl groups excluding tert-OH is 1. The van der Waals surface area contributed by atoms with E-state index in [1.807, 2.05) is 24.3 Å². The molecule has 0 fully saturated rings. The van der Waals surface area contributed by atoms with Crippen molar-refractivity contribution in [1.29, 1.82) is 0 Å². The second-order valence-electron chi connectivity index (χ2n) is 1.85. The smallest absolute Gasteiger partial charge is 0.113 e. The van der Waals surface area contributed by atoms with Crippen LogP contribution in [0.2, 0.25) is 0 Å². The molecule has 0 atom stereocenters. The average Bonchev–Trinajstić information content (AvgIpc) is 1.88. The second-order valence-corrected chi connectivity index (χ2v) is 2.76. The molecule has 0 aliphatic carbocycles. The quantitative estimate of drug-likeness (QED) is 0.716. The Balaban J connectivity index is 2.75. The summed E-state index contributed by atoms with van der Waals surface area (Å²) in [7, 11) is 0. The summed E-state index contributed by atoms with van der Waals surface area (Å²) in [6.45, 7) is -0.0313. The first-order valence-electron chi connectivity index (χ1n) is 2.93. The Hall–Kier alpha value is -0.540. The van der Waals surface area contributed by atoms with Gasteiger partial charge < -0.3 is 10.4 Å². The molecule has 0 saturated heterocycles. The standard InChI is InChI=1S/C7H8BrNO/c8-6-2-1-3-7(4-6)9-5-10/h1-4,9-10H,5H2. The van der Waals surface area contributed by atoms with Gasteiger partial charge in [0.1, 0.15) is 6.73 Å². The summed E-state index contributed by atoms with van der Waals surface area (Å²) in [5, 5.41) is 11.3. The van der Waals surface area contributed by atoms with Crippen molar-refractivity contribution >= 4 is 21.6 Å². The van der Waals surface area contributed by atoms with Crippen molar-refractivity contribution in [2.45, 2.75) is 0 Å². The Kier molecular flexibility index (Phi) is 2.71. The lowest BCUT2D eigenvalue weighted by Crippen LogP contribution is -1.98. The van der Waals surface area contributed by atoms with Gasteiger partial charge in [-0.2, -0.15) is 0 Å². The number of hydrogen-bond acceptors (Lipinski definition) is 2. The summed E-state index contributed by atoms with van der Waals surface area (Å²) in [5.74, 6) is 0. The molecule has 10 heavy (non-hydrogen) atoms. The second kappa shape index (κ2) is 3.58. The van der Waals surface area contributed by atoms with Crippen molar-refractivity contribution < 1.29 is 5.11 Å². The number of anilines is 1. The fraction of sp³-hybridized carbons (Fsp3) is 0.143. The lowest BCUT2D eigenvalue weighted by atomic mass is 10.3. The van der Waals surface area contributed by atoms with Crippen LogP contribution in [0.4, 0.5) is 5.69 Å². The molecule has 0 amide bonds. The molecule has 0 spiro atoms. The van der Waals surface area contributed by atoms with Gasteiger partial charge in [0.15, 0.2) is 0 Å². The lowest BCUT2D eigenvalue weighted by molar-refractivity contribution is 0.325. The van der Waals surface area contributed by atoms with E-state index in [9.17, 15) is 0 Å². The maximum Gasteiger partial charge on any atom is 0.113 e. The maximum absolute atomic E-state index is 8.48. The number of hydrogen-bond donors (Lipinski definition) is 2. The van der Waals surface area contributed by atoms with Gasteiger partial charge in [0, 0.05) is 10.2 Å². The third-order valence-corrected chi connectivity index (χ3v) is 1.60. The molecule has 0 aliphatic heterocycles. The van der Waals surface area contributed by atoms with Gasteiger partial charge in [0.05, 0.1) is 0 Å². The number of aliphatic hydroxyl groups is 1. The number of nitrogens with one attached hydrogen (secondary N) is 1. The molecule has 0 radical (unpaired) electrons. The topological polar surface area (TPSA) is 32.3 Å². The van der Waals surface area contributed by atoms with E-state index in [2.05, 4.69) is 21.2 Å². The van der Waals surface area contributed by atoms with Crippen LogP contribution < -0.4 is 5.32 Å². The molecule has 1 rings (SSSR count). The zero-order valence-corrected chi connectivity index (χ0v) is 6.93. The largest absolute Gasteiger partial charge is 0.377 e. The molecule has 0 aliphatic rings. The van der Waals surface area contributed by atoms with Gasteiger partial charge in [-0.15, -0.1) is 0 Å². The van der Waals surface area contributed by atoms with Gasteiger partial charge in [0.25, 0.3) is 0 Å². The number of benzene rings is 1. The SMILES string of the molecule is OCNc1cccc(Br)c1. The van der Waals surface area contributed by atoms with Crippen LogP contribution in [0.15, 0.2) is 28.7 Å². The van der Waals surface area contributed by atoms with Crippen LogP contribution in [0, 0.1) is 0 Å². The molecule has 3 heteroatoms. The van der Waals surface area contributed by atoms with E-state index in [0.29, 0.717) is 0 Å². The van der Waals surface area contributed by atoms with E-state index in [4.69, 9.17) is 5.11 Å². The van der Waals surface area contributed by atoms with Gasteiger partial charge >= 0.3 is 0 Å². The van der Waals surface area contributed by atoms with Gasteiger partial charge in [-0.05, 0) is 18.2 Å². The summed E-state index contributed by atoms with van der Waals surface area (Å²) < 4.78 is 1.01. The van der Waals surface area contributed by atoms with E-state index in [1.165, 1.54) is 0 Å². The van der Waals surface area contributed by atoms with Crippen molar-refractivity contribution in [3.63, 3.8) is 0 Å². The molecule has 0 heterocycles. The summed E-state index contributed by atoms with van der Waals surface area (Å²) in [4.78, 5) is 0. The van der Waals surface area contributed by atoms with E-state index in [1.54, 1.807) is 0 Å². The molecule has 2 N–H and O–H groups in total. The minimum Gasteiger partial charge on any atom is -0.377 e. The molecule has 0 aromatic heterocycles. The Morgan fingerprint density at radius 3 is 2.90 bits per heavy atom. The van der Waals surface area contributed by atoms with E-state index in [-0.39, 0.29) is 6.73 Å². The minimum absolute atomic E-state index is 0.0313. The molecule has 2 nitrogen and oxygen atoms in total. The molecular weight excluding hydrogens is 194 g/mol. The molecule has 0 bridgehead atoms. The zero-order valence-electron chi connectivity index (χ0n) is 5.34. The first-order chi connectivity index (χ1) is 4.83. The lowest BCUT2D eigenvalue weighted by Gasteiger charge is -2.00. The van der Waals surface area contributed by atoms with Gasteiger partial charge in [-0.25, -0.2) is 0 Å². The highest BCUT2D eigenvalue weighted by Crippen LogP contribution is 2.14. The highest BCUT2D eigenvalue weighted by Gasteiger charge is 1.88. The van der Waals surface area contributed by atoms with Crippen LogP contribution in [0.1, 0.15) is 0 Å².